The van der Waals surface area contributed by atoms with Gasteiger partial charge in [0.25, 0.3) is 0 Å². The maximum Gasteiger partial charge on any atom is 0.0866 e. The zero-order chi connectivity index (χ0) is 15.1. The molecule has 1 heterocycles. The van der Waals surface area contributed by atoms with Crippen molar-refractivity contribution in [1.29, 1.82) is 0 Å². The Morgan fingerprint density at radius 3 is 2.25 bits per heavy atom. The molecule has 0 aliphatic carbocycles. The van der Waals surface area contributed by atoms with Gasteiger partial charge in [0.15, 0.2) is 0 Å². The summed E-state index contributed by atoms with van der Waals surface area (Å²) in [7, 11) is 0. The van der Waals surface area contributed by atoms with E-state index in [2.05, 4.69) is 59.9 Å². The second-order valence-corrected chi connectivity index (χ2v) is 5.97. The molecule has 0 saturated carbocycles. The number of aryl methyl sites for hydroxylation is 1. The summed E-state index contributed by atoms with van der Waals surface area (Å²) in [6.45, 7) is 10.7. The normalized spacial score (nSPS) is 10.8. The third kappa shape index (κ3) is 3.88. The van der Waals surface area contributed by atoms with Gasteiger partial charge in [-0.2, -0.15) is 0 Å². The van der Waals surface area contributed by atoms with Gasteiger partial charge in [-0.05, 0) is 58.8 Å². The minimum Gasteiger partial charge on any atom is -0.349 e. The molecule has 0 aliphatic heterocycles. The molecule has 1 nitrogen and oxygen atoms in total. The van der Waals surface area contributed by atoms with Gasteiger partial charge in [0.2, 0.25) is 0 Å². The number of benzene rings is 1. The van der Waals surface area contributed by atoms with E-state index in [1.54, 1.807) is 0 Å². The first-order valence-corrected chi connectivity index (χ1v) is 8.74. The van der Waals surface area contributed by atoms with Crippen LogP contribution in [0.15, 0.2) is 22.8 Å². The predicted octanol–water partition coefficient (Wildman–Crippen LogP) is 6.95. The highest BCUT2D eigenvalue weighted by molar-refractivity contribution is 9.10. The molecule has 0 spiro atoms. The molecular formula is C18H28BrN. The second-order valence-electron chi connectivity index (χ2n) is 5.18. The SMILES string of the molecule is CC.CCCC(CCC)c1c(Br)[nH]c2cc(C)ccc12. The van der Waals surface area contributed by atoms with Crippen LogP contribution < -0.4 is 0 Å². The lowest BCUT2D eigenvalue weighted by molar-refractivity contribution is 0.562. The van der Waals surface area contributed by atoms with Gasteiger partial charge in [-0.1, -0.05) is 52.7 Å². The Bertz CT molecular complexity index is 521. The Hall–Kier alpha value is -0.760. The minimum absolute atomic E-state index is 0.672. The van der Waals surface area contributed by atoms with E-state index in [-0.39, 0.29) is 0 Å². The third-order valence-corrected chi connectivity index (χ3v) is 4.25. The molecule has 112 valence electrons. The summed E-state index contributed by atoms with van der Waals surface area (Å²) in [5.41, 5.74) is 4.05. The van der Waals surface area contributed by atoms with Crippen LogP contribution in [0, 0.1) is 6.92 Å². The van der Waals surface area contributed by atoms with Gasteiger partial charge >= 0.3 is 0 Å². The van der Waals surface area contributed by atoms with Crippen molar-refractivity contribution in [3.8, 4) is 0 Å². The van der Waals surface area contributed by atoms with Gasteiger partial charge in [0, 0.05) is 10.9 Å². The summed E-state index contributed by atoms with van der Waals surface area (Å²) < 4.78 is 1.18. The highest BCUT2D eigenvalue weighted by atomic mass is 79.9. The van der Waals surface area contributed by atoms with Crippen molar-refractivity contribution >= 4 is 26.8 Å². The third-order valence-electron chi connectivity index (χ3n) is 3.63. The molecule has 0 aliphatic rings. The van der Waals surface area contributed by atoms with Crippen LogP contribution in [-0.2, 0) is 0 Å². The standard InChI is InChI=1S/C16H22BrN.C2H6/c1-4-6-12(7-5-2)15-13-9-8-11(3)10-14(13)18-16(15)17;1-2/h8-10,12,18H,4-7H2,1-3H3;1-2H3. The van der Waals surface area contributed by atoms with Gasteiger partial charge in [-0.25, -0.2) is 0 Å². The van der Waals surface area contributed by atoms with Gasteiger partial charge in [0.05, 0.1) is 4.60 Å². The van der Waals surface area contributed by atoms with Crippen molar-refractivity contribution in [2.45, 2.75) is 66.2 Å². The number of nitrogens with one attached hydrogen (secondary N) is 1. The first kappa shape index (κ1) is 17.3. The summed E-state index contributed by atoms with van der Waals surface area (Å²) in [5.74, 6) is 0.672. The molecule has 0 atom stereocenters. The molecule has 0 amide bonds. The molecule has 1 aromatic carbocycles. The molecule has 0 bridgehead atoms. The number of aromatic nitrogens is 1. The Balaban J connectivity index is 0.000000956. The van der Waals surface area contributed by atoms with Crippen molar-refractivity contribution < 1.29 is 0 Å². The summed E-state index contributed by atoms with van der Waals surface area (Å²) in [6.07, 6.45) is 5.03. The van der Waals surface area contributed by atoms with Gasteiger partial charge in [-0.3, -0.25) is 0 Å². The molecule has 0 radical (unpaired) electrons. The fourth-order valence-electron chi connectivity index (χ4n) is 2.83. The molecule has 1 N–H and O–H groups in total. The summed E-state index contributed by atoms with van der Waals surface area (Å²) >= 11 is 3.72. The van der Waals surface area contributed by atoms with Crippen LogP contribution in [0.25, 0.3) is 10.9 Å². The van der Waals surface area contributed by atoms with E-state index in [0.29, 0.717) is 5.92 Å². The number of hydrogen-bond donors (Lipinski definition) is 1. The van der Waals surface area contributed by atoms with E-state index >= 15 is 0 Å². The quantitative estimate of drug-likeness (QED) is 0.607. The van der Waals surface area contributed by atoms with Crippen molar-refractivity contribution in [3.63, 3.8) is 0 Å². The van der Waals surface area contributed by atoms with E-state index in [1.807, 2.05) is 13.8 Å². The Labute approximate surface area is 132 Å². The highest BCUT2D eigenvalue weighted by Crippen LogP contribution is 2.37. The first-order valence-electron chi connectivity index (χ1n) is 7.95. The van der Waals surface area contributed by atoms with Crippen molar-refractivity contribution in [3.05, 3.63) is 33.9 Å². The van der Waals surface area contributed by atoms with E-state index in [9.17, 15) is 0 Å². The number of aromatic amines is 1. The van der Waals surface area contributed by atoms with Crippen LogP contribution in [0.4, 0.5) is 0 Å². The molecule has 20 heavy (non-hydrogen) atoms. The molecule has 2 rings (SSSR count). The summed E-state index contributed by atoms with van der Waals surface area (Å²) in [4.78, 5) is 3.48. The van der Waals surface area contributed by atoms with Gasteiger partial charge in [0.1, 0.15) is 0 Å². The molecule has 0 saturated heterocycles. The van der Waals surface area contributed by atoms with Crippen LogP contribution in [0.1, 0.15) is 70.4 Å². The summed E-state index contributed by atoms with van der Waals surface area (Å²) in [5, 5.41) is 1.39. The zero-order valence-corrected chi connectivity index (χ0v) is 15.1. The molecule has 2 aromatic rings. The molecule has 1 aromatic heterocycles. The van der Waals surface area contributed by atoms with Gasteiger partial charge in [-0.15, -0.1) is 0 Å². The van der Waals surface area contributed by atoms with Crippen LogP contribution in [0.2, 0.25) is 0 Å². The lowest BCUT2D eigenvalue weighted by atomic mass is 9.90. The largest absolute Gasteiger partial charge is 0.349 e. The zero-order valence-electron chi connectivity index (χ0n) is 13.5. The number of hydrogen-bond acceptors (Lipinski definition) is 0. The van der Waals surface area contributed by atoms with Crippen molar-refractivity contribution in [2.24, 2.45) is 0 Å². The smallest absolute Gasteiger partial charge is 0.0866 e. The Morgan fingerprint density at radius 2 is 1.70 bits per heavy atom. The molecule has 2 heteroatoms. The fraction of sp³-hybridized carbons (Fsp3) is 0.556. The van der Waals surface area contributed by atoms with E-state index in [1.165, 1.54) is 52.3 Å². The van der Waals surface area contributed by atoms with Crippen molar-refractivity contribution in [2.75, 3.05) is 0 Å². The number of fused-ring (bicyclic) bond motifs is 1. The highest BCUT2D eigenvalue weighted by Gasteiger charge is 2.18. The lowest BCUT2D eigenvalue weighted by Crippen LogP contribution is -1.98. The van der Waals surface area contributed by atoms with Gasteiger partial charge < -0.3 is 4.98 Å². The second kappa shape index (κ2) is 8.51. The van der Waals surface area contributed by atoms with Crippen molar-refractivity contribution in [1.82, 2.24) is 4.98 Å². The topological polar surface area (TPSA) is 15.8 Å². The first-order chi connectivity index (χ1) is 9.67. The average molecular weight is 338 g/mol. The van der Waals surface area contributed by atoms with E-state index in [4.69, 9.17) is 0 Å². The minimum atomic E-state index is 0.672. The fourth-order valence-corrected chi connectivity index (χ4v) is 3.58. The number of rotatable bonds is 5. The lowest BCUT2D eigenvalue weighted by Gasteiger charge is -2.15. The van der Waals surface area contributed by atoms with E-state index < -0.39 is 0 Å². The van der Waals surface area contributed by atoms with Crippen LogP contribution in [0.5, 0.6) is 0 Å². The summed E-state index contributed by atoms with van der Waals surface area (Å²) in [6, 6.07) is 6.71. The molecular weight excluding hydrogens is 310 g/mol. The van der Waals surface area contributed by atoms with Crippen LogP contribution in [0.3, 0.4) is 0 Å². The maximum absolute atomic E-state index is 3.72. The van der Waals surface area contributed by atoms with E-state index in [0.717, 1.165) is 0 Å². The number of H-pyrrole nitrogens is 1. The Morgan fingerprint density at radius 1 is 1.10 bits per heavy atom. The molecule has 0 fully saturated rings. The van der Waals surface area contributed by atoms with Crippen LogP contribution >= 0.6 is 15.9 Å². The monoisotopic (exact) mass is 337 g/mol. The maximum atomic E-state index is 3.72. The average Bonchev–Trinajstić information content (AvgIpc) is 2.76. The number of halogens is 1. The Kier molecular flexibility index (Phi) is 7.36. The molecule has 0 unspecified atom stereocenters. The van der Waals surface area contributed by atoms with Crippen LogP contribution in [-0.4, -0.2) is 4.98 Å². The predicted molar refractivity (Wildman–Crippen MR) is 94.6 cm³/mol.